The van der Waals surface area contributed by atoms with Crippen LogP contribution in [0.4, 0.5) is 48.1 Å². The smallest absolute Gasteiger partial charge is 0.242 e. The fraction of sp³-hybridized carbons (Fsp3) is 0.378. The molecule has 6 aromatic rings. The molecular weight excluding hydrogens is 858 g/mol. The summed E-state index contributed by atoms with van der Waals surface area (Å²) < 4.78 is 54.7. The number of hydrogen-bond acceptors (Lipinski definition) is 14. The standard InChI is InChI=1S/C22H25F2N7O2.C22H28FN7O2.CH4/c1-13-5-18(23)17(19(24)6-13)9-25-21-14(2)7-26-22(30-21)29-16-8-27-31(10-16)11-20(32)28-15-3-4-33-12-15;1-14(2)27-20(31)13-30-12-18(11-26-30)28-22-25-9-15(3)21(29-22)24-10-17-6-5-7-19(8-17)32-16(4)23;/h5-8,10,15H,3-4,9,11-12H2,1-2H3,(H,28,32)(H2,25,26,29,30);5-9,11-12,14,16H,10,13H2,1-4H3,(H,27,31)(H2,24,25,28,29);1H4. The van der Waals surface area contributed by atoms with Gasteiger partial charge in [0.2, 0.25) is 30.1 Å². The molecule has 18 nitrogen and oxygen atoms in total. The van der Waals surface area contributed by atoms with E-state index in [9.17, 15) is 22.8 Å². The van der Waals surface area contributed by atoms with Crippen molar-refractivity contribution in [2.75, 3.05) is 34.5 Å². The molecule has 0 bridgehead atoms. The molecule has 5 heterocycles. The van der Waals surface area contributed by atoms with Crippen LogP contribution in [0.1, 0.15) is 62.4 Å². The Kier molecular flexibility index (Phi) is 17.8. The van der Waals surface area contributed by atoms with E-state index >= 15 is 0 Å². The molecule has 0 aliphatic carbocycles. The molecule has 0 radical (unpaired) electrons. The number of carbonyl (C=O) groups is 2. The van der Waals surface area contributed by atoms with Crippen molar-refractivity contribution < 1.29 is 32.2 Å². The SMILES string of the molecule is C.Cc1cc(F)c(CNc2nc(Nc3cnn(CC(=O)NC4CCOC4)c3)ncc2C)c(F)c1.Cc1cnc(Nc2cnn(CC(=O)NC(C)C)c2)nc1NCc1cccc(OC(C)F)c1. The third kappa shape index (κ3) is 15.2. The molecule has 2 amide bonds. The Morgan fingerprint density at radius 1 is 0.818 bits per heavy atom. The van der Waals surface area contributed by atoms with Gasteiger partial charge in [-0.05, 0) is 76.4 Å². The van der Waals surface area contributed by atoms with Crippen molar-refractivity contribution in [3.8, 4) is 5.75 Å². The topological polar surface area (TPSA) is 212 Å². The Bertz CT molecular complexity index is 2520. The van der Waals surface area contributed by atoms with Gasteiger partial charge in [0.1, 0.15) is 42.1 Å². The number of nitrogens with one attached hydrogen (secondary N) is 6. The Morgan fingerprint density at radius 3 is 1.94 bits per heavy atom. The molecule has 66 heavy (non-hydrogen) atoms. The minimum absolute atomic E-state index is 0. The van der Waals surface area contributed by atoms with Gasteiger partial charge in [0.25, 0.3) is 0 Å². The largest absolute Gasteiger partial charge is 0.461 e. The summed E-state index contributed by atoms with van der Waals surface area (Å²) in [7, 11) is 0. The third-order valence-electron chi connectivity index (χ3n) is 9.45. The van der Waals surface area contributed by atoms with Gasteiger partial charge in [0, 0.05) is 74.1 Å². The molecule has 0 spiro atoms. The number of carbonyl (C=O) groups excluding carboxylic acids is 2. The summed E-state index contributed by atoms with van der Waals surface area (Å²) in [5, 5.41) is 26.5. The van der Waals surface area contributed by atoms with Gasteiger partial charge in [-0.3, -0.25) is 19.0 Å². The molecule has 7 rings (SSSR count). The first kappa shape index (κ1) is 49.7. The first-order chi connectivity index (χ1) is 31.1. The molecule has 1 fully saturated rings. The number of rotatable bonds is 18. The Morgan fingerprint density at radius 2 is 1.39 bits per heavy atom. The minimum Gasteiger partial charge on any atom is -0.461 e. The summed E-state index contributed by atoms with van der Waals surface area (Å²) in [6.07, 6.45) is 9.29. The second-order valence-corrected chi connectivity index (χ2v) is 15.6. The van der Waals surface area contributed by atoms with Crippen LogP contribution >= 0.6 is 0 Å². The number of benzene rings is 2. The Balaban J connectivity index is 0.000000244. The van der Waals surface area contributed by atoms with E-state index in [0.717, 1.165) is 23.1 Å². The van der Waals surface area contributed by atoms with Crippen molar-refractivity contribution in [1.82, 2.24) is 50.1 Å². The number of anilines is 6. The number of halogens is 3. The van der Waals surface area contributed by atoms with Gasteiger partial charge in [0.15, 0.2) is 0 Å². The molecule has 2 atom stereocenters. The predicted molar refractivity (Wildman–Crippen MR) is 245 cm³/mol. The lowest BCUT2D eigenvalue weighted by Gasteiger charge is -2.12. The average molecular weight is 915 g/mol. The van der Waals surface area contributed by atoms with Crippen molar-refractivity contribution in [2.24, 2.45) is 0 Å². The van der Waals surface area contributed by atoms with Gasteiger partial charge in [-0.15, -0.1) is 0 Å². The number of nitrogens with zero attached hydrogens (tertiary/aromatic N) is 8. The monoisotopic (exact) mass is 914 g/mol. The molecule has 2 aromatic carbocycles. The number of hydrogen-bond donors (Lipinski definition) is 6. The van der Waals surface area contributed by atoms with Crippen molar-refractivity contribution in [3.05, 3.63) is 113 Å². The molecule has 1 aliphatic heterocycles. The third-order valence-corrected chi connectivity index (χ3v) is 9.45. The van der Waals surface area contributed by atoms with Crippen LogP contribution in [0.25, 0.3) is 0 Å². The fourth-order valence-electron chi connectivity index (χ4n) is 6.41. The van der Waals surface area contributed by atoms with Crippen LogP contribution in [-0.2, 0) is 40.5 Å². The van der Waals surface area contributed by atoms with Gasteiger partial charge in [-0.25, -0.2) is 23.1 Å². The number of alkyl halides is 1. The van der Waals surface area contributed by atoms with Crippen LogP contribution in [-0.4, -0.2) is 83.0 Å². The van der Waals surface area contributed by atoms with E-state index in [-0.39, 0.29) is 62.5 Å². The maximum absolute atomic E-state index is 14.1. The van der Waals surface area contributed by atoms with Gasteiger partial charge in [-0.1, -0.05) is 19.6 Å². The number of amides is 2. The van der Waals surface area contributed by atoms with Crippen molar-refractivity contribution in [1.29, 1.82) is 0 Å². The van der Waals surface area contributed by atoms with E-state index in [2.05, 4.69) is 62.0 Å². The van der Waals surface area contributed by atoms with Crippen molar-refractivity contribution in [2.45, 2.75) is 100 Å². The predicted octanol–water partition coefficient (Wildman–Crippen LogP) is 7.02. The Hall–Kier alpha value is -7.29. The number of aryl methyl sites for hydroxylation is 3. The molecule has 4 aromatic heterocycles. The molecule has 352 valence electrons. The maximum Gasteiger partial charge on any atom is 0.242 e. The van der Waals surface area contributed by atoms with Gasteiger partial charge in [0.05, 0.1) is 36.4 Å². The highest BCUT2D eigenvalue weighted by Gasteiger charge is 2.18. The van der Waals surface area contributed by atoms with E-state index in [1.807, 2.05) is 32.9 Å². The highest BCUT2D eigenvalue weighted by molar-refractivity contribution is 5.76. The van der Waals surface area contributed by atoms with Gasteiger partial charge >= 0.3 is 0 Å². The quantitative estimate of drug-likeness (QED) is 0.0512. The molecule has 21 heteroatoms. The summed E-state index contributed by atoms with van der Waals surface area (Å²) in [5.74, 6) is 0.780. The summed E-state index contributed by atoms with van der Waals surface area (Å²) in [4.78, 5) is 41.5. The zero-order valence-electron chi connectivity index (χ0n) is 37.0. The zero-order valence-corrected chi connectivity index (χ0v) is 37.0. The van der Waals surface area contributed by atoms with Crippen molar-refractivity contribution in [3.63, 3.8) is 0 Å². The van der Waals surface area contributed by atoms with Crippen LogP contribution in [0.5, 0.6) is 5.75 Å². The van der Waals surface area contributed by atoms with E-state index in [1.54, 1.807) is 67.8 Å². The van der Waals surface area contributed by atoms with Crippen LogP contribution in [0.2, 0.25) is 0 Å². The summed E-state index contributed by atoms with van der Waals surface area (Å²) in [5.41, 5.74) is 4.25. The van der Waals surface area contributed by atoms with E-state index in [4.69, 9.17) is 9.47 Å². The number of ether oxygens (including phenoxy) is 2. The summed E-state index contributed by atoms with van der Waals surface area (Å²) in [6, 6.07) is 9.92. The first-order valence-electron chi connectivity index (χ1n) is 20.9. The lowest BCUT2D eigenvalue weighted by molar-refractivity contribution is -0.123. The van der Waals surface area contributed by atoms with Crippen LogP contribution < -0.4 is 36.6 Å². The van der Waals surface area contributed by atoms with Crippen LogP contribution in [0, 0.1) is 32.4 Å². The fourth-order valence-corrected chi connectivity index (χ4v) is 6.41. The van der Waals surface area contributed by atoms with Crippen molar-refractivity contribution >= 4 is 46.7 Å². The maximum atomic E-state index is 14.1. The molecule has 1 saturated heterocycles. The van der Waals surface area contributed by atoms with E-state index in [1.165, 1.54) is 23.7 Å². The highest BCUT2D eigenvalue weighted by Crippen LogP contribution is 2.22. The zero-order chi connectivity index (χ0) is 46.5. The van der Waals surface area contributed by atoms with Gasteiger partial charge < -0.3 is 41.4 Å². The second kappa shape index (κ2) is 23.6. The number of aromatic nitrogens is 8. The first-order valence-corrected chi connectivity index (χ1v) is 20.9. The second-order valence-electron chi connectivity index (χ2n) is 15.6. The Labute approximate surface area is 381 Å². The highest BCUT2D eigenvalue weighted by atomic mass is 19.1. The normalized spacial score (nSPS) is 13.5. The summed E-state index contributed by atoms with van der Waals surface area (Å²) >= 11 is 0. The molecule has 2 unspecified atom stereocenters. The van der Waals surface area contributed by atoms with Crippen LogP contribution in [0.15, 0.2) is 73.6 Å². The molecule has 6 N–H and O–H groups in total. The average Bonchev–Trinajstić information content (AvgIpc) is 4.02. The van der Waals surface area contributed by atoms with E-state index < -0.39 is 18.0 Å². The lowest BCUT2D eigenvalue weighted by Crippen LogP contribution is -2.37. The van der Waals surface area contributed by atoms with Crippen LogP contribution in [0.3, 0.4) is 0 Å². The molecular formula is C45H57F3N14O4. The molecule has 0 saturated carbocycles. The lowest BCUT2D eigenvalue weighted by atomic mass is 10.1. The van der Waals surface area contributed by atoms with Gasteiger partial charge in [-0.2, -0.15) is 20.2 Å². The summed E-state index contributed by atoms with van der Waals surface area (Å²) in [6.45, 7) is 12.3. The molecule has 1 aliphatic rings. The van der Waals surface area contributed by atoms with E-state index in [0.29, 0.717) is 60.0 Å². The minimum atomic E-state index is -1.37.